The molecule has 21 heavy (non-hydrogen) atoms. The van der Waals surface area contributed by atoms with Gasteiger partial charge in [0.05, 0.1) is 16.9 Å². The second-order valence-corrected chi connectivity index (χ2v) is 5.89. The second-order valence-electron chi connectivity index (χ2n) is 5.49. The van der Waals surface area contributed by atoms with E-state index in [9.17, 15) is 9.18 Å². The standard InChI is InChI=1S/C14H15ClFN3O2/c1-8-9(13(20)21-14(2,3)4)7-18-19(8)12-11(16)10(15)5-6-17-12/h5-7H,1-4H3. The summed E-state index contributed by atoms with van der Waals surface area (Å²) in [5.41, 5.74) is 0.0644. The lowest BCUT2D eigenvalue weighted by Crippen LogP contribution is -2.24. The quantitative estimate of drug-likeness (QED) is 0.798. The first-order valence-electron chi connectivity index (χ1n) is 6.29. The Balaban J connectivity index is 2.42. The molecule has 0 unspecified atom stereocenters. The molecule has 0 saturated carbocycles. The van der Waals surface area contributed by atoms with Crippen molar-refractivity contribution >= 4 is 17.6 Å². The fourth-order valence-corrected chi connectivity index (χ4v) is 1.86. The lowest BCUT2D eigenvalue weighted by molar-refractivity contribution is 0.00687. The summed E-state index contributed by atoms with van der Waals surface area (Å²) in [6.07, 6.45) is 2.69. The van der Waals surface area contributed by atoms with E-state index in [1.165, 1.54) is 23.1 Å². The van der Waals surface area contributed by atoms with Gasteiger partial charge in [-0.1, -0.05) is 11.6 Å². The van der Waals surface area contributed by atoms with Crippen LogP contribution >= 0.6 is 11.6 Å². The number of aromatic nitrogens is 3. The van der Waals surface area contributed by atoms with E-state index >= 15 is 0 Å². The maximum Gasteiger partial charge on any atom is 0.342 e. The van der Waals surface area contributed by atoms with Crippen LogP contribution in [0.4, 0.5) is 4.39 Å². The molecule has 0 aliphatic carbocycles. The van der Waals surface area contributed by atoms with Gasteiger partial charge in [-0.25, -0.2) is 18.9 Å². The lowest BCUT2D eigenvalue weighted by Gasteiger charge is -2.19. The highest BCUT2D eigenvalue weighted by molar-refractivity contribution is 6.30. The fraction of sp³-hybridized carbons (Fsp3) is 0.357. The van der Waals surface area contributed by atoms with Crippen molar-refractivity contribution < 1.29 is 13.9 Å². The Hall–Kier alpha value is -1.95. The van der Waals surface area contributed by atoms with Gasteiger partial charge >= 0.3 is 5.97 Å². The van der Waals surface area contributed by atoms with Crippen molar-refractivity contribution in [3.63, 3.8) is 0 Å². The van der Waals surface area contributed by atoms with Crippen molar-refractivity contribution in [1.29, 1.82) is 0 Å². The molecule has 0 fully saturated rings. The van der Waals surface area contributed by atoms with Crippen LogP contribution in [-0.4, -0.2) is 26.3 Å². The number of halogens is 2. The molecular weight excluding hydrogens is 297 g/mol. The third kappa shape index (κ3) is 3.21. The van der Waals surface area contributed by atoms with Crippen molar-refractivity contribution in [2.75, 3.05) is 0 Å². The average Bonchev–Trinajstić information content (AvgIpc) is 2.73. The molecule has 0 aliphatic rings. The highest BCUT2D eigenvalue weighted by atomic mass is 35.5. The molecule has 0 aliphatic heterocycles. The van der Waals surface area contributed by atoms with Gasteiger partial charge < -0.3 is 4.74 Å². The zero-order chi connectivity index (χ0) is 15.8. The zero-order valence-corrected chi connectivity index (χ0v) is 12.9. The summed E-state index contributed by atoms with van der Waals surface area (Å²) in [5.74, 6) is -1.27. The first-order chi connectivity index (χ1) is 9.70. The molecule has 112 valence electrons. The van der Waals surface area contributed by atoms with E-state index in [0.717, 1.165) is 0 Å². The summed E-state index contributed by atoms with van der Waals surface area (Å²) >= 11 is 5.72. The van der Waals surface area contributed by atoms with Crippen LogP contribution in [0.25, 0.3) is 5.82 Å². The van der Waals surface area contributed by atoms with Crippen molar-refractivity contribution in [1.82, 2.24) is 14.8 Å². The predicted octanol–water partition coefficient (Wildman–Crippen LogP) is 3.32. The number of esters is 1. The lowest BCUT2D eigenvalue weighted by atomic mass is 10.2. The van der Waals surface area contributed by atoms with Gasteiger partial charge in [0.25, 0.3) is 0 Å². The first-order valence-corrected chi connectivity index (χ1v) is 6.67. The predicted molar refractivity (Wildman–Crippen MR) is 76.2 cm³/mol. The van der Waals surface area contributed by atoms with E-state index < -0.39 is 17.4 Å². The van der Waals surface area contributed by atoms with Crippen LogP contribution in [0.5, 0.6) is 0 Å². The molecule has 0 radical (unpaired) electrons. The normalized spacial score (nSPS) is 11.5. The number of carbonyl (C=O) groups is 1. The Labute approximate surface area is 126 Å². The third-order valence-corrected chi connectivity index (χ3v) is 2.94. The number of hydrogen-bond donors (Lipinski definition) is 0. The first kappa shape index (κ1) is 15.4. The van der Waals surface area contributed by atoms with Gasteiger partial charge in [0.15, 0.2) is 11.6 Å². The van der Waals surface area contributed by atoms with E-state index in [2.05, 4.69) is 10.1 Å². The van der Waals surface area contributed by atoms with Crippen LogP contribution in [0, 0.1) is 12.7 Å². The minimum Gasteiger partial charge on any atom is -0.456 e. The Morgan fingerprint density at radius 3 is 2.71 bits per heavy atom. The fourth-order valence-electron chi connectivity index (χ4n) is 1.71. The Kier molecular flexibility index (Phi) is 4.00. The molecule has 0 bridgehead atoms. The number of rotatable bonds is 2. The van der Waals surface area contributed by atoms with Gasteiger partial charge in [-0.2, -0.15) is 5.10 Å². The molecule has 2 aromatic rings. The molecule has 0 aromatic carbocycles. The van der Waals surface area contributed by atoms with E-state index in [0.29, 0.717) is 5.69 Å². The van der Waals surface area contributed by atoms with E-state index in [4.69, 9.17) is 16.3 Å². The zero-order valence-electron chi connectivity index (χ0n) is 12.1. The SMILES string of the molecule is Cc1c(C(=O)OC(C)(C)C)cnn1-c1nccc(Cl)c1F. The van der Waals surface area contributed by atoms with Crippen LogP contribution in [-0.2, 0) is 4.74 Å². The molecule has 0 spiro atoms. The molecule has 0 atom stereocenters. The van der Waals surface area contributed by atoms with Crippen LogP contribution in [0.2, 0.25) is 5.02 Å². The largest absolute Gasteiger partial charge is 0.456 e. The minimum atomic E-state index is -0.693. The number of carbonyl (C=O) groups excluding carboxylic acids is 1. The average molecular weight is 312 g/mol. The molecule has 2 aromatic heterocycles. The highest BCUT2D eigenvalue weighted by Crippen LogP contribution is 2.22. The molecule has 0 saturated heterocycles. The van der Waals surface area contributed by atoms with Crippen molar-refractivity contribution in [3.8, 4) is 5.82 Å². The number of pyridine rings is 1. The summed E-state index contributed by atoms with van der Waals surface area (Å²) in [7, 11) is 0. The molecule has 5 nitrogen and oxygen atoms in total. The van der Waals surface area contributed by atoms with Crippen LogP contribution in [0.15, 0.2) is 18.5 Å². The van der Waals surface area contributed by atoms with Gasteiger partial charge in [-0.15, -0.1) is 0 Å². The molecule has 7 heteroatoms. The van der Waals surface area contributed by atoms with E-state index in [-0.39, 0.29) is 16.4 Å². The summed E-state index contributed by atoms with van der Waals surface area (Å²) in [5, 5.41) is 3.93. The summed E-state index contributed by atoms with van der Waals surface area (Å²) in [6.45, 7) is 6.93. The van der Waals surface area contributed by atoms with Crippen LogP contribution in [0.3, 0.4) is 0 Å². The summed E-state index contributed by atoms with van der Waals surface area (Å²) < 4.78 is 20.5. The minimum absolute atomic E-state index is 0.0604. The van der Waals surface area contributed by atoms with Gasteiger partial charge in [0, 0.05) is 6.20 Å². The van der Waals surface area contributed by atoms with E-state index in [1.54, 1.807) is 27.7 Å². The topological polar surface area (TPSA) is 57.0 Å². The van der Waals surface area contributed by atoms with Gasteiger partial charge in [0.1, 0.15) is 11.2 Å². The van der Waals surface area contributed by atoms with Gasteiger partial charge in [-0.05, 0) is 33.8 Å². The van der Waals surface area contributed by atoms with Gasteiger partial charge in [-0.3, -0.25) is 0 Å². The van der Waals surface area contributed by atoms with E-state index in [1.807, 2.05) is 0 Å². The Morgan fingerprint density at radius 2 is 2.10 bits per heavy atom. The maximum absolute atomic E-state index is 14.0. The number of nitrogens with zero attached hydrogens (tertiary/aromatic N) is 3. The maximum atomic E-state index is 14.0. The molecule has 2 rings (SSSR count). The van der Waals surface area contributed by atoms with Crippen LogP contribution in [0.1, 0.15) is 36.8 Å². The molecule has 2 heterocycles. The second kappa shape index (κ2) is 5.44. The molecule has 0 N–H and O–H groups in total. The van der Waals surface area contributed by atoms with Crippen molar-refractivity contribution in [2.24, 2.45) is 0 Å². The Morgan fingerprint density at radius 1 is 1.43 bits per heavy atom. The van der Waals surface area contributed by atoms with Crippen molar-refractivity contribution in [2.45, 2.75) is 33.3 Å². The third-order valence-electron chi connectivity index (χ3n) is 2.65. The number of hydrogen-bond acceptors (Lipinski definition) is 4. The molecular formula is C14H15ClFN3O2. The van der Waals surface area contributed by atoms with Gasteiger partial charge in [0.2, 0.25) is 0 Å². The van der Waals surface area contributed by atoms with Crippen molar-refractivity contribution in [3.05, 3.63) is 40.6 Å². The summed E-state index contributed by atoms with van der Waals surface area (Å²) in [6, 6.07) is 1.34. The summed E-state index contributed by atoms with van der Waals surface area (Å²) in [4.78, 5) is 16.0. The number of ether oxygens (including phenoxy) is 1. The molecule has 0 amide bonds. The monoisotopic (exact) mass is 311 g/mol. The highest BCUT2D eigenvalue weighted by Gasteiger charge is 2.23. The smallest absolute Gasteiger partial charge is 0.342 e. The Bertz CT molecular complexity index is 692. The van der Waals surface area contributed by atoms with Crippen LogP contribution < -0.4 is 0 Å².